The highest BCUT2D eigenvalue weighted by Crippen LogP contribution is 2.28. The Balaban J connectivity index is 2.22. The van der Waals surface area contributed by atoms with Gasteiger partial charge in [0.2, 0.25) is 0 Å². The third-order valence-corrected chi connectivity index (χ3v) is 2.85. The van der Waals surface area contributed by atoms with Crippen molar-refractivity contribution >= 4 is 5.97 Å². The minimum atomic E-state index is -1.51. The molecule has 2 rings (SSSR count). The summed E-state index contributed by atoms with van der Waals surface area (Å²) in [6, 6.07) is 0.595. The average molecular weight is 245 g/mol. The van der Waals surface area contributed by atoms with Crippen molar-refractivity contribution in [2.75, 3.05) is 0 Å². The molecule has 3 nitrogen and oxygen atoms in total. The number of nitrogens with one attached hydrogen (secondary N) is 1. The molecule has 1 aliphatic rings. The Labute approximate surface area is 95.3 Å². The van der Waals surface area contributed by atoms with Gasteiger partial charge in [-0.25, -0.2) is 13.2 Å². The number of halogens is 3. The van der Waals surface area contributed by atoms with E-state index in [4.69, 9.17) is 5.11 Å². The van der Waals surface area contributed by atoms with E-state index in [1.165, 1.54) is 0 Å². The standard InChI is InChI=1S/C11H10F3NO2/c12-6-3-5(4-7(13)10(6)14)8-1-2-9(15-8)11(16)17/h3-4,8-9,15H,1-2H2,(H,16,17)/t8-,9+/m0/s1. The summed E-state index contributed by atoms with van der Waals surface area (Å²) in [5.41, 5.74) is 0.227. The van der Waals surface area contributed by atoms with Crippen molar-refractivity contribution in [3.63, 3.8) is 0 Å². The van der Waals surface area contributed by atoms with Gasteiger partial charge in [0.05, 0.1) is 0 Å². The number of hydrogen-bond acceptors (Lipinski definition) is 2. The van der Waals surface area contributed by atoms with E-state index in [-0.39, 0.29) is 5.56 Å². The van der Waals surface area contributed by atoms with Crippen LogP contribution in [0, 0.1) is 17.5 Å². The average Bonchev–Trinajstić information content (AvgIpc) is 2.74. The third kappa shape index (κ3) is 2.26. The highest BCUT2D eigenvalue weighted by Gasteiger charge is 2.30. The minimum Gasteiger partial charge on any atom is -0.480 e. The van der Waals surface area contributed by atoms with E-state index in [1.54, 1.807) is 0 Å². The molecule has 0 aromatic heterocycles. The fourth-order valence-electron chi connectivity index (χ4n) is 1.98. The smallest absolute Gasteiger partial charge is 0.320 e. The van der Waals surface area contributed by atoms with Crippen molar-refractivity contribution in [3.8, 4) is 0 Å². The number of aliphatic carboxylic acids is 1. The zero-order valence-corrected chi connectivity index (χ0v) is 8.71. The van der Waals surface area contributed by atoms with Crippen molar-refractivity contribution < 1.29 is 23.1 Å². The molecule has 0 saturated carbocycles. The molecule has 0 bridgehead atoms. The second kappa shape index (κ2) is 4.37. The first-order valence-electron chi connectivity index (χ1n) is 5.12. The zero-order valence-electron chi connectivity index (χ0n) is 8.71. The van der Waals surface area contributed by atoms with Gasteiger partial charge in [-0.05, 0) is 30.5 Å². The molecule has 0 spiro atoms. The lowest BCUT2D eigenvalue weighted by Crippen LogP contribution is -2.31. The minimum absolute atomic E-state index is 0.227. The molecule has 1 saturated heterocycles. The summed E-state index contributed by atoms with van der Waals surface area (Å²) in [6.07, 6.45) is 0.822. The van der Waals surface area contributed by atoms with E-state index in [9.17, 15) is 18.0 Å². The number of hydrogen-bond donors (Lipinski definition) is 2. The Kier molecular flexibility index (Phi) is 3.06. The van der Waals surface area contributed by atoms with Gasteiger partial charge in [0.25, 0.3) is 0 Å². The summed E-state index contributed by atoms with van der Waals surface area (Å²) in [6.45, 7) is 0. The number of benzene rings is 1. The predicted octanol–water partition coefficient (Wildman–Crippen LogP) is 1.98. The van der Waals surface area contributed by atoms with E-state index in [0.29, 0.717) is 12.8 Å². The Bertz CT molecular complexity index is 441. The van der Waals surface area contributed by atoms with E-state index >= 15 is 0 Å². The molecule has 2 N–H and O–H groups in total. The van der Waals surface area contributed by atoms with Crippen LogP contribution in [0.1, 0.15) is 24.4 Å². The van der Waals surface area contributed by atoms with Crippen LogP contribution in [0.3, 0.4) is 0 Å². The first-order valence-corrected chi connectivity index (χ1v) is 5.12. The summed E-state index contributed by atoms with van der Waals surface area (Å²) in [7, 11) is 0. The van der Waals surface area contributed by atoms with Gasteiger partial charge in [0, 0.05) is 6.04 Å². The maximum absolute atomic E-state index is 13.0. The van der Waals surface area contributed by atoms with Crippen LogP contribution in [0.5, 0.6) is 0 Å². The monoisotopic (exact) mass is 245 g/mol. The number of carboxylic acids is 1. The number of rotatable bonds is 2. The Morgan fingerprint density at radius 1 is 1.24 bits per heavy atom. The fraction of sp³-hybridized carbons (Fsp3) is 0.364. The molecule has 6 heteroatoms. The zero-order chi connectivity index (χ0) is 12.6. The topological polar surface area (TPSA) is 49.3 Å². The molecule has 1 aromatic carbocycles. The van der Waals surface area contributed by atoms with Gasteiger partial charge >= 0.3 is 5.97 Å². The van der Waals surface area contributed by atoms with E-state index in [0.717, 1.165) is 12.1 Å². The van der Waals surface area contributed by atoms with Crippen LogP contribution in [0.25, 0.3) is 0 Å². The van der Waals surface area contributed by atoms with Crippen LogP contribution >= 0.6 is 0 Å². The Morgan fingerprint density at radius 2 is 1.82 bits per heavy atom. The highest BCUT2D eigenvalue weighted by atomic mass is 19.2. The van der Waals surface area contributed by atoms with Crippen LogP contribution in [0.2, 0.25) is 0 Å². The highest BCUT2D eigenvalue weighted by molar-refractivity contribution is 5.73. The maximum Gasteiger partial charge on any atom is 0.320 e. The van der Waals surface area contributed by atoms with Gasteiger partial charge in [-0.3, -0.25) is 10.1 Å². The lowest BCUT2D eigenvalue weighted by molar-refractivity contribution is -0.139. The van der Waals surface area contributed by atoms with Gasteiger partial charge in [-0.1, -0.05) is 0 Å². The van der Waals surface area contributed by atoms with Crippen molar-refractivity contribution in [2.24, 2.45) is 0 Å². The summed E-state index contributed by atoms with van der Waals surface area (Å²) in [5, 5.41) is 11.5. The normalized spacial score (nSPS) is 23.9. The van der Waals surface area contributed by atoms with Crippen molar-refractivity contribution in [3.05, 3.63) is 35.1 Å². The van der Waals surface area contributed by atoms with Crippen LogP contribution in [0.4, 0.5) is 13.2 Å². The van der Waals surface area contributed by atoms with Crippen LogP contribution in [0.15, 0.2) is 12.1 Å². The van der Waals surface area contributed by atoms with E-state index in [2.05, 4.69) is 5.32 Å². The molecule has 1 heterocycles. The molecule has 0 unspecified atom stereocenters. The molecule has 0 radical (unpaired) electrons. The second-order valence-electron chi connectivity index (χ2n) is 3.99. The lowest BCUT2D eigenvalue weighted by atomic mass is 10.0. The SMILES string of the molecule is O=C(O)[C@H]1CC[C@@H](c2cc(F)c(F)c(F)c2)N1. The van der Waals surface area contributed by atoms with Crippen LogP contribution < -0.4 is 5.32 Å². The Hall–Kier alpha value is -1.56. The Morgan fingerprint density at radius 3 is 2.29 bits per heavy atom. The van der Waals surface area contributed by atoms with Gasteiger partial charge in [0.1, 0.15) is 6.04 Å². The van der Waals surface area contributed by atoms with Crippen LogP contribution in [-0.4, -0.2) is 17.1 Å². The molecule has 0 aliphatic carbocycles. The summed E-state index contributed by atoms with van der Waals surface area (Å²) < 4.78 is 38.7. The van der Waals surface area contributed by atoms with E-state index < -0.39 is 35.5 Å². The summed E-state index contributed by atoms with van der Waals surface area (Å²) in [5.74, 6) is -5.04. The molecule has 17 heavy (non-hydrogen) atoms. The maximum atomic E-state index is 13.0. The number of carbonyl (C=O) groups is 1. The quantitative estimate of drug-likeness (QED) is 0.783. The van der Waals surface area contributed by atoms with Crippen molar-refractivity contribution in [1.82, 2.24) is 5.32 Å². The molecule has 0 amide bonds. The number of carboxylic acid groups (broad SMARTS) is 1. The fourth-order valence-corrected chi connectivity index (χ4v) is 1.98. The van der Waals surface area contributed by atoms with Crippen molar-refractivity contribution in [2.45, 2.75) is 24.9 Å². The lowest BCUT2D eigenvalue weighted by Gasteiger charge is -2.12. The van der Waals surface area contributed by atoms with Gasteiger partial charge in [0.15, 0.2) is 17.5 Å². The second-order valence-corrected chi connectivity index (χ2v) is 3.99. The predicted molar refractivity (Wildman–Crippen MR) is 52.9 cm³/mol. The van der Waals surface area contributed by atoms with Gasteiger partial charge in [-0.15, -0.1) is 0 Å². The molecule has 2 atom stereocenters. The molecule has 1 fully saturated rings. The van der Waals surface area contributed by atoms with Gasteiger partial charge < -0.3 is 5.11 Å². The molecular formula is C11H10F3NO2. The molecule has 92 valence electrons. The molecule has 1 aliphatic heterocycles. The van der Waals surface area contributed by atoms with Gasteiger partial charge in [-0.2, -0.15) is 0 Å². The van der Waals surface area contributed by atoms with Crippen molar-refractivity contribution in [1.29, 1.82) is 0 Å². The first kappa shape index (κ1) is 11.9. The summed E-state index contributed by atoms with van der Waals surface area (Å²) in [4.78, 5) is 10.7. The first-order chi connectivity index (χ1) is 7.99. The van der Waals surface area contributed by atoms with Crippen LogP contribution in [-0.2, 0) is 4.79 Å². The largest absolute Gasteiger partial charge is 0.480 e. The third-order valence-electron chi connectivity index (χ3n) is 2.85. The van der Waals surface area contributed by atoms with E-state index in [1.807, 2.05) is 0 Å². The molecule has 1 aromatic rings. The molecular weight excluding hydrogens is 235 g/mol. The summed E-state index contributed by atoms with van der Waals surface area (Å²) >= 11 is 0.